The number of carbonyl (C=O) groups excluding carboxylic acids is 1. The van der Waals surface area contributed by atoms with Crippen LogP contribution >= 0.6 is 0 Å². The first-order valence-corrected chi connectivity index (χ1v) is 5.59. The van der Waals surface area contributed by atoms with Gasteiger partial charge in [-0.05, 0) is 27.2 Å². The van der Waals surface area contributed by atoms with Crippen molar-refractivity contribution in [1.29, 1.82) is 0 Å². The smallest absolute Gasteiger partial charge is 0.410 e. The lowest BCUT2D eigenvalue weighted by Gasteiger charge is -2.35. The minimum absolute atomic E-state index is 0.00852. The number of hydrogen-bond donors (Lipinski definition) is 2. The Balaban J connectivity index is 2.62. The predicted molar refractivity (Wildman–Crippen MR) is 59.6 cm³/mol. The van der Waals surface area contributed by atoms with Crippen molar-refractivity contribution in [1.82, 2.24) is 4.90 Å². The van der Waals surface area contributed by atoms with E-state index in [1.54, 1.807) is 20.8 Å². The van der Waals surface area contributed by atoms with Gasteiger partial charge in [0.05, 0.1) is 6.10 Å². The molecule has 0 radical (unpaired) electrons. The molecule has 1 heterocycles. The molecule has 0 spiro atoms. The first-order valence-electron chi connectivity index (χ1n) is 5.59. The molecule has 2 N–H and O–H groups in total. The molecule has 1 fully saturated rings. The van der Waals surface area contributed by atoms with Gasteiger partial charge in [0.25, 0.3) is 0 Å². The van der Waals surface area contributed by atoms with Gasteiger partial charge in [-0.15, -0.1) is 0 Å². The van der Waals surface area contributed by atoms with E-state index in [-0.39, 0.29) is 13.0 Å². The first-order chi connectivity index (χ1) is 7.70. The van der Waals surface area contributed by atoms with Crippen LogP contribution in [0.2, 0.25) is 0 Å². The maximum absolute atomic E-state index is 11.7. The zero-order valence-electron chi connectivity index (χ0n) is 10.3. The fourth-order valence-corrected chi connectivity index (χ4v) is 1.67. The highest BCUT2D eigenvalue weighted by Gasteiger charge is 2.36. The van der Waals surface area contributed by atoms with Crippen LogP contribution in [0.25, 0.3) is 0 Å². The average Bonchev–Trinajstić information content (AvgIpc) is 2.14. The largest absolute Gasteiger partial charge is 0.481 e. The summed E-state index contributed by atoms with van der Waals surface area (Å²) in [6, 6.07) is 0. The third-order valence-electron chi connectivity index (χ3n) is 2.55. The standard InChI is InChI=1S/C11H19NO5/c1-11(2,3)17-10(16)12-5-4-8(13)7(6-12)9(14)15/h7-8,13H,4-6H2,1-3H3,(H,14,15)/t7-,8+/m0/s1. The van der Waals surface area contributed by atoms with E-state index in [1.165, 1.54) is 4.90 Å². The highest BCUT2D eigenvalue weighted by molar-refractivity contribution is 5.74. The number of carbonyl (C=O) groups is 2. The Morgan fingerprint density at radius 1 is 1.35 bits per heavy atom. The van der Waals surface area contributed by atoms with E-state index in [1.807, 2.05) is 0 Å². The maximum Gasteiger partial charge on any atom is 0.410 e. The summed E-state index contributed by atoms with van der Waals surface area (Å²) < 4.78 is 5.15. The third-order valence-corrected chi connectivity index (χ3v) is 2.55. The monoisotopic (exact) mass is 245 g/mol. The number of carboxylic acids is 1. The van der Waals surface area contributed by atoms with E-state index in [4.69, 9.17) is 9.84 Å². The van der Waals surface area contributed by atoms with E-state index in [0.29, 0.717) is 6.54 Å². The van der Waals surface area contributed by atoms with Crippen LogP contribution in [-0.2, 0) is 9.53 Å². The van der Waals surface area contributed by atoms with E-state index in [9.17, 15) is 14.7 Å². The lowest BCUT2D eigenvalue weighted by molar-refractivity contribution is -0.148. The molecule has 0 unspecified atom stereocenters. The number of nitrogens with zero attached hydrogens (tertiary/aromatic N) is 1. The molecule has 1 aliphatic rings. The Bertz CT molecular complexity index is 309. The fraction of sp³-hybridized carbons (Fsp3) is 0.818. The van der Waals surface area contributed by atoms with E-state index in [2.05, 4.69) is 0 Å². The Morgan fingerprint density at radius 2 is 1.94 bits per heavy atom. The number of amides is 1. The second kappa shape index (κ2) is 4.91. The lowest BCUT2D eigenvalue weighted by atomic mass is 9.95. The molecule has 6 heteroatoms. The van der Waals surface area contributed by atoms with Crippen molar-refractivity contribution in [2.75, 3.05) is 13.1 Å². The SMILES string of the molecule is CC(C)(C)OC(=O)N1CC[C@@H](O)[C@@H](C(=O)O)C1. The van der Waals surface area contributed by atoms with Crippen molar-refractivity contribution in [2.45, 2.75) is 38.9 Å². The van der Waals surface area contributed by atoms with Gasteiger partial charge in [-0.3, -0.25) is 4.79 Å². The van der Waals surface area contributed by atoms with Gasteiger partial charge in [0, 0.05) is 13.1 Å². The van der Waals surface area contributed by atoms with Crippen molar-refractivity contribution in [3.63, 3.8) is 0 Å². The molecule has 2 atom stereocenters. The number of hydrogen-bond acceptors (Lipinski definition) is 4. The predicted octanol–water partition coefficient (Wildman–Crippen LogP) is 0.689. The van der Waals surface area contributed by atoms with Crippen LogP contribution in [0.4, 0.5) is 4.79 Å². The fourth-order valence-electron chi connectivity index (χ4n) is 1.67. The van der Waals surface area contributed by atoms with Crippen LogP contribution in [0.3, 0.4) is 0 Å². The summed E-state index contributed by atoms with van der Waals surface area (Å²) in [7, 11) is 0. The normalized spacial score (nSPS) is 25.5. The van der Waals surface area contributed by atoms with Crippen molar-refractivity contribution in [2.24, 2.45) is 5.92 Å². The van der Waals surface area contributed by atoms with Gasteiger partial charge < -0.3 is 19.8 Å². The molecular formula is C11H19NO5. The Hall–Kier alpha value is -1.30. The van der Waals surface area contributed by atoms with Crippen LogP contribution in [0, 0.1) is 5.92 Å². The minimum atomic E-state index is -1.09. The number of rotatable bonds is 1. The topological polar surface area (TPSA) is 87.1 Å². The van der Waals surface area contributed by atoms with Gasteiger partial charge in [0.2, 0.25) is 0 Å². The van der Waals surface area contributed by atoms with Crippen molar-refractivity contribution >= 4 is 12.1 Å². The lowest BCUT2D eigenvalue weighted by Crippen LogP contribution is -2.50. The quantitative estimate of drug-likeness (QED) is 0.709. The van der Waals surface area contributed by atoms with Gasteiger partial charge in [-0.2, -0.15) is 0 Å². The summed E-state index contributed by atoms with van der Waals surface area (Å²) >= 11 is 0. The van der Waals surface area contributed by atoms with Crippen molar-refractivity contribution in [3.05, 3.63) is 0 Å². The summed E-state index contributed by atoms with van der Waals surface area (Å²) in [6.45, 7) is 5.56. The van der Waals surface area contributed by atoms with E-state index < -0.39 is 29.7 Å². The summed E-state index contributed by atoms with van der Waals surface area (Å²) in [6.07, 6.45) is -1.17. The highest BCUT2D eigenvalue weighted by atomic mass is 16.6. The minimum Gasteiger partial charge on any atom is -0.481 e. The molecule has 1 amide bonds. The molecule has 17 heavy (non-hydrogen) atoms. The zero-order chi connectivity index (χ0) is 13.2. The third kappa shape index (κ3) is 3.89. The van der Waals surface area contributed by atoms with Crippen molar-refractivity contribution < 1.29 is 24.5 Å². The van der Waals surface area contributed by atoms with Crippen LogP contribution in [0.5, 0.6) is 0 Å². The van der Waals surface area contributed by atoms with Gasteiger partial charge in [0.15, 0.2) is 0 Å². The summed E-state index contributed by atoms with van der Waals surface area (Å²) in [5.74, 6) is -2.03. The molecule has 0 aromatic carbocycles. The van der Waals surface area contributed by atoms with Gasteiger partial charge in [-0.25, -0.2) is 4.79 Å². The molecule has 1 rings (SSSR count). The van der Waals surface area contributed by atoms with Crippen LogP contribution in [0.15, 0.2) is 0 Å². The highest BCUT2D eigenvalue weighted by Crippen LogP contribution is 2.20. The second-order valence-corrected chi connectivity index (χ2v) is 5.23. The van der Waals surface area contributed by atoms with Crippen LogP contribution in [0.1, 0.15) is 27.2 Å². The molecule has 0 aliphatic carbocycles. The average molecular weight is 245 g/mol. The second-order valence-electron chi connectivity index (χ2n) is 5.23. The first kappa shape index (κ1) is 13.8. The van der Waals surface area contributed by atoms with Gasteiger partial charge in [-0.1, -0.05) is 0 Å². The maximum atomic E-state index is 11.7. The van der Waals surface area contributed by atoms with Crippen LogP contribution in [-0.4, -0.2) is 52.0 Å². The Kier molecular flexibility index (Phi) is 3.98. The Labute approximate surface area is 100 Å². The van der Waals surface area contributed by atoms with Crippen molar-refractivity contribution in [3.8, 4) is 0 Å². The molecule has 98 valence electrons. The summed E-state index contributed by atoms with van der Waals surface area (Å²) in [4.78, 5) is 23.9. The molecule has 0 saturated carbocycles. The number of aliphatic hydroxyl groups is 1. The number of aliphatic carboxylic acids is 1. The van der Waals surface area contributed by atoms with Crippen LogP contribution < -0.4 is 0 Å². The number of aliphatic hydroxyl groups excluding tert-OH is 1. The molecule has 0 aromatic rings. The Morgan fingerprint density at radius 3 is 2.41 bits per heavy atom. The molecule has 0 bridgehead atoms. The molecule has 1 aliphatic heterocycles. The molecule has 6 nitrogen and oxygen atoms in total. The number of ether oxygens (including phenoxy) is 1. The number of likely N-dealkylation sites (tertiary alicyclic amines) is 1. The molecule has 0 aromatic heterocycles. The van der Waals surface area contributed by atoms with E-state index >= 15 is 0 Å². The molecule has 1 saturated heterocycles. The molecular weight excluding hydrogens is 226 g/mol. The summed E-state index contributed by atoms with van der Waals surface area (Å²) in [5.41, 5.74) is -0.605. The number of carboxylic acid groups (broad SMARTS) is 1. The van der Waals surface area contributed by atoms with E-state index in [0.717, 1.165) is 0 Å². The zero-order valence-corrected chi connectivity index (χ0v) is 10.3. The van der Waals surface area contributed by atoms with Gasteiger partial charge in [0.1, 0.15) is 11.5 Å². The van der Waals surface area contributed by atoms with Gasteiger partial charge >= 0.3 is 12.1 Å². The summed E-state index contributed by atoms with van der Waals surface area (Å²) in [5, 5.41) is 18.4. The number of piperidine rings is 1.